The highest BCUT2D eigenvalue weighted by Crippen LogP contribution is 2.36. The molecule has 2 aromatic carbocycles. The lowest BCUT2D eigenvalue weighted by Crippen LogP contribution is -2.39. The van der Waals surface area contributed by atoms with Crippen LogP contribution in [-0.2, 0) is 14.8 Å². The Morgan fingerprint density at radius 1 is 1.15 bits per heavy atom. The summed E-state index contributed by atoms with van der Waals surface area (Å²) in [5.41, 5.74) is 0.313. The quantitative estimate of drug-likeness (QED) is 0.373. The summed E-state index contributed by atoms with van der Waals surface area (Å²) in [6.45, 7) is 2.48. The average Bonchev–Trinajstić information content (AvgIpc) is 3.23. The summed E-state index contributed by atoms with van der Waals surface area (Å²) in [4.78, 5) is 13.4. The fourth-order valence-electron chi connectivity index (χ4n) is 3.78. The van der Waals surface area contributed by atoms with Gasteiger partial charge in [-0.1, -0.05) is 41.2 Å². The number of hydrogen-bond acceptors (Lipinski definition) is 5. The van der Waals surface area contributed by atoms with Crippen LogP contribution in [0.5, 0.6) is 0 Å². The second kappa shape index (κ2) is 11.5. The Morgan fingerprint density at radius 2 is 1.82 bits per heavy atom. The van der Waals surface area contributed by atoms with Crippen LogP contribution in [0.25, 0.3) is 0 Å². The number of halogens is 3. The highest BCUT2D eigenvalue weighted by molar-refractivity contribution is 7.99. The molecular weight excluding hydrogens is 527 g/mol. The number of aliphatic carboxylic acids is 1. The van der Waals surface area contributed by atoms with E-state index in [9.17, 15) is 18.3 Å². The second-order valence-electron chi connectivity index (χ2n) is 7.86. The Hall–Kier alpha value is -1.16. The van der Waals surface area contributed by atoms with Crippen LogP contribution in [0, 0.1) is 0 Å². The van der Waals surface area contributed by atoms with Crippen LogP contribution < -0.4 is 4.31 Å². The van der Waals surface area contributed by atoms with E-state index in [0.29, 0.717) is 40.3 Å². The van der Waals surface area contributed by atoms with E-state index in [1.165, 1.54) is 28.6 Å². The van der Waals surface area contributed by atoms with E-state index < -0.39 is 28.1 Å². The number of carbonyl (C=O) groups is 1. The van der Waals surface area contributed by atoms with Gasteiger partial charge in [0.25, 0.3) is 10.0 Å². The van der Waals surface area contributed by atoms with E-state index >= 15 is 0 Å². The van der Waals surface area contributed by atoms with Crippen molar-refractivity contribution in [3.05, 3.63) is 57.5 Å². The lowest BCUT2D eigenvalue weighted by molar-refractivity contribution is -0.141. The zero-order chi connectivity index (χ0) is 24.2. The van der Waals surface area contributed by atoms with Crippen LogP contribution in [0.15, 0.2) is 47.4 Å². The molecule has 180 valence electrons. The number of anilines is 1. The summed E-state index contributed by atoms with van der Waals surface area (Å²) in [6.07, 6.45) is 2.04. The van der Waals surface area contributed by atoms with Gasteiger partial charge in [-0.25, -0.2) is 8.42 Å². The molecule has 1 heterocycles. The van der Waals surface area contributed by atoms with Gasteiger partial charge < -0.3 is 5.11 Å². The molecule has 0 aliphatic carbocycles. The first-order valence-electron chi connectivity index (χ1n) is 10.4. The molecule has 1 N–H and O–H groups in total. The van der Waals surface area contributed by atoms with Crippen molar-refractivity contribution in [3.63, 3.8) is 0 Å². The Labute approximate surface area is 213 Å². The molecule has 33 heavy (non-hydrogen) atoms. The summed E-state index contributed by atoms with van der Waals surface area (Å²) in [7, 11) is -3.94. The van der Waals surface area contributed by atoms with Crippen molar-refractivity contribution in [1.29, 1.82) is 0 Å². The molecule has 0 amide bonds. The van der Waals surface area contributed by atoms with Gasteiger partial charge in [0.05, 0.1) is 15.6 Å². The fourth-order valence-corrected chi connectivity index (χ4v) is 7.25. The smallest absolute Gasteiger partial charge is 0.321 e. The van der Waals surface area contributed by atoms with Gasteiger partial charge >= 0.3 is 5.97 Å². The molecule has 1 aliphatic heterocycles. The molecular formula is C22H25Cl3N2O4S2. The monoisotopic (exact) mass is 550 g/mol. The Bertz CT molecular complexity index is 1080. The van der Waals surface area contributed by atoms with Crippen molar-refractivity contribution < 1.29 is 18.3 Å². The Balaban J connectivity index is 1.78. The minimum Gasteiger partial charge on any atom is -0.480 e. The van der Waals surface area contributed by atoms with Gasteiger partial charge in [-0.3, -0.25) is 14.0 Å². The minimum absolute atomic E-state index is 0.105. The van der Waals surface area contributed by atoms with Gasteiger partial charge in [0, 0.05) is 27.7 Å². The molecule has 1 saturated heterocycles. The molecule has 0 bridgehead atoms. The Morgan fingerprint density at radius 3 is 2.48 bits per heavy atom. The predicted octanol–water partition coefficient (Wildman–Crippen LogP) is 5.86. The highest BCUT2D eigenvalue weighted by Gasteiger charge is 2.32. The van der Waals surface area contributed by atoms with Gasteiger partial charge in [0.15, 0.2) is 0 Å². The van der Waals surface area contributed by atoms with Crippen LogP contribution in [0.4, 0.5) is 5.69 Å². The van der Waals surface area contributed by atoms with Crippen LogP contribution in [0.3, 0.4) is 0 Å². The molecule has 1 fully saturated rings. The normalized spacial score (nSPS) is 17.8. The number of benzene rings is 2. The van der Waals surface area contributed by atoms with Crippen LogP contribution in [0.1, 0.15) is 26.2 Å². The maximum atomic E-state index is 13.6. The summed E-state index contributed by atoms with van der Waals surface area (Å²) in [6, 6.07) is 9.86. The molecule has 6 nitrogen and oxygen atoms in total. The van der Waals surface area contributed by atoms with E-state index in [-0.39, 0.29) is 9.92 Å². The number of carboxylic acid groups (broad SMARTS) is 1. The summed E-state index contributed by atoms with van der Waals surface area (Å²) >= 11 is 20.1. The number of nitrogens with zero attached hydrogens (tertiary/aromatic N) is 2. The molecule has 2 aromatic rings. The van der Waals surface area contributed by atoms with E-state index in [2.05, 4.69) is 0 Å². The molecule has 0 radical (unpaired) electrons. The van der Waals surface area contributed by atoms with E-state index in [1.54, 1.807) is 30.0 Å². The molecule has 1 unspecified atom stereocenters. The third-order valence-electron chi connectivity index (χ3n) is 5.49. The molecule has 2 atom stereocenters. The Kier molecular flexibility index (Phi) is 9.23. The van der Waals surface area contributed by atoms with Crippen molar-refractivity contribution in [1.82, 2.24) is 4.90 Å². The summed E-state index contributed by atoms with van der Waals surface area (Å²) in [5, 5.41) is 10.4. The third-order valence-corrected chi connectivity index (χ3v) is 9.31. The number of rotatable bonds is 10. The maximum Gasteiger partial charge on any atom is 0.321 e. The first kappa shape index (κ1) is 26.4. The molecule has 11 heteroatoms. The van der Waals surface area contributed by atoms with Gasteiger partial charge in [-0.05, 0) is 68.8 Å². The number of hydrogen-bond donors (Lipinski definition) is 1. The zero-order valence-electron chi connectivity index (χ0n) is 18.0. The van der Waals surface area contributed by atoms with Gasteiger partial charge in [-0.15, -0.1) is 11.8 Å². The number of thioether (sulfide) groups is 1. The first-order chi connectivity index (χ1) is 15.6. The largest absolute Gasteiger partial charge is 0.480 e. The first-order valence-corrected chi connectivity index (χ1v) is 14.1. The molecule has 0 spiro atoms. The number of unbranched alkanes of at least 4 members (excludes halogenated alkanes) is 1. The standard InChI is InChI=1S/C22H25Cl3N2O4S2/c1-15(4-2-3-11-26-14-32-13-21(26)22(28)29)27(20-12-17(24)7-10-19(20)25)33(30,31)18-8-5-16(23)6-9-18/h5-10,12,15,21H,2-4,11,13-14H2,1H3,(H,28,29)/t15-,21?/m1/s1. The van der Waals surface area contributed by atoms with Crippen molar-refractivity contribution in [2.75, 3.05) is 22.5 Å². The summed E-state index contributed by atoms with van der Waals surface area (Å²) < 4.78 is 28.5. The van der Waals surface area contributed by atoms with Crippen molar-refractivity contribution in [2.45, 2.75) is 43.2 Å². The number of carboxylic acids is 1. The average molecular weight is 552 g/mol. The SMILES string of the molecule is C[C@H](CCCCN1CSCC1C(=O)O)N(c1cc(Cl)ccc1Cl)S(=O)(=O)c1ccc(Cl)cc1. The number of sulfonamides is 1. The zero-order valence-corrected chi connectivity index (χ0v) is 21.9. The highest BCUT2D eigenvalue weighted by atomic mass is 35.5. The van der Waals surface area contributed by atoms with Gasteiger partial charge in [0.1, 0.15) is 6.04 Å². The van der Waals surface area contributed by atoms with Gasteiger partial charge in [0.2, 0.25) is 0 Å². The van der Waals surface area contributed by atoms with Crippen molar-refractivity contribution in [3.8, 4) is 0 Å². The second-order valence-corrected chi connectivity index (χ2v) is 12.0. The van der Waals surface area contributed by atoms with Gasteiger partial charge in [-0.2, -0.15) is 0 Å². The lowest BCUT2D eigenvalue weighted by atomic mass is 10.1. The third kappa shape index (κ3) is 6.50. The molecule has 0 saturated carbocycles. The molecule has 1 aliphatic rings. The van der Waals surface area contributed by atoms with Crippen LogP contribution in [-0.4, -0.2) is 54.7 Å². The van der Waals surface area contributed by atoms with Crippen LogP contribution in [0.2, 0.25) is 15.1 Å². The molecule has 0 aromatic heterocycles. The van der Waals surface area contributed by atoms with E-state index in [0.717, 1.165) is 12.8 Å². The van der Waals surface area contributed by atoms with E-state index in [4.69, 9.17) is 34.8 Å². The van der Waals surface area contributed by atoms with Crippen molar-refractivity contribution in [2.24, 2.45) is 0 Å². The molecule has 3 rings (SSSR count). The fraction of sp³-hybridized carbons (Fsp3) is 0.409. The summed E-state index contributed by atoms with van der Waals surface area (Å²) in [5.74, 6) is 0.484. The van der Waals surface area contributed by atoms with Crippen LogP contribution >= 0.6 is 46.6 Å². The minimum atomic E-state index is -3.94. The van der Waals surface area contributed by atoms with Crippen molar-refractivity contribution >= 4 is 68.2 Å². The lowest BCUT2D eigenvalue weighted by Gasteiger charge is -2.31. The topological polar surface area (TPSA) is 77.9 Å². The maximum absolute atomic E-state index is 13.6. The predicted molar refractivity (Wildman–Crippen MR) is 136 cm³/mol. The van der Waals surface area contributed by atoms with E-state index in [1.807, 2.05) is 11.8 Å².